The van der Waals surface area contributed by atoms with Gasteiger partial charge in [0.05, 0.1) is 22.5 Å². The third kappa shape index (κ3) is 2.87. The van der Waals surface area contributed by atoms with Gasteiger partial charge < -0.3 is 4.42 Å². The van der Waals surface area contributed by atoms with E-state index in [1.54, 1.807) is 6.07 Å². The Hall–Kier alpha value is -2.81. The van der Waals surface area contributed by atoms with E-state index in [4.69, 9.17) is 4.42 Å². The number of nitrogens with zero attached hydrogens (tertiary/aromatic N) is 3. The van der Waals surface area contributed by atoms with Crippen LogP contribution in [0.15, 0.2) is 39.9 Å². The number of thiazole rings is 1. The summed E-state index contributed by atoms with van der Waals surface area (Å²) >= 11 is 1.24. The lowest BCUT2D eigenvalue weighted by molar-refractivity contribution is -0.402. The van der Waals surface area contributed by atoms with Gasteiger partial charge in [0, 0.05) is 0 Å². The highest BCUT2D eigenvalue weighted by Gasteiger charge is 2.10. The molecule has 0 atom stereocenters. The molecular formula is C12H7FN4O3S. The molecular weight excluding hydrogens is 299 g/mol. The number of anilines is 1. The summed E-state index contributed by atoms with van der Waals surface area (Å²) in [5.41, 5.74) is 3.33. The number of furan rings is 1. The van der Waals surface area contributed by atoms with E-state index < -0.39 is 4.92 Å². The Morgan fingerprint density at radius 1 is 1.43 bits per heavy atom. The van der Waals surface area contributed by atoms with Crippen LogP contribution in [0.25, 0.3) is 10.2 Å². The molecule has 0 aliphatic carbocycles. The molecule has 9 heteroatoms. The minimum Gasteiger partial charge on any atom is -0.400 e. The molecule has 0 saturated heterocycles. The number of hydrogen-bond donors (Lipinski definition) is 1. The second kappa shape index (κ2) is 5.29. The fourth-order valence-electron chi connectivity index (χ4n) is 1.61. The van der Waals surface area contributed by atoms with Crippen molar-refractivity contribution in [1.82, 2.24) is 4.98 Å². The molecule has 0 spiro atoms. The Kier molecular flexibility index (Phi) is 3.32. The van der Waals surface area contributed by atoms with Crippen molar-refractivity contribution in [3.05, 3.63) is 52.0 Å². The third-order valence-corrected chi connectivity index (χ3v) is 3.42. The molecule has 2 heterocycles. The molecule has 0 aliphatic heterocycles. The van der Waals surface area contributed by atoms with Gasteiger partial charge in [0.1, 0.15) is 10.7 Å². The molecule has 7 nitrogen and oxygen atoms in total. The smallest absolute Gasteiger partial charge is 0.400 e. The lowest BCUT2D eigenvalue weighted by Crippen LogP contribution is -1.88. The van der Waals surface area contributed by atoms with Crippen molar-refractivity contribution in [2.75, 3.05) is 5.43 Å². The van der Waals surface area contributed by atoms with Crippen LogP contribution >= 0.6 is 11.3 Å². The molecule has 0 amide bonds. The van der Waals surface area contributed by atoms with Crippen molar-refractivity contribution >= 4 is 38.8 Å². The van der Waals surface area contributed by atoms with Crippen LogP contribution in [-0.4, -0.2) is 16.1 Å². The quantitative estimate of drug-likeness (QED) is 0.453. The van der Waals surface area contributed by atoms with Gasteiger partial charge in [0.2, 0.25) is 5.13 Å². The molecule has 0 saturated carbocycles. The molecule has 21 heavy (non-hydrogen) atoms. The number of rotatable bonds is 4. The Morgan fingerprint density at radius 2 is 2.29 bits per heavy atom. The number of hydrazone groups is 1. The van der Waals surface area contributed by atoms with Crippen LogP contribution in [0.3, 0.4) is 0 Å². The van der Waals surface area contributed by atoms with Gasteiger partial charge in [-0.1, -0.05) is 11.3 Å². The minimum atomic E-state index is -0.632. The molecule has 1 N–H and O–H groups in total. The van der Waals surface area contributed by atoms with E-state index in [1.807, 2.05) is 0 Å². The topological polar surface area (TPSA) is 93.6 Å². The first-order valence-corrected chi connectivity index (χ1v) is 6.53. The number of aromatic nitrogens is 1. The molecule has 0 unspecified atom stereocenters. The van der Waals surface area contributed by atoms with E-state index in [-0.39, 0.29) is 17.5 Å². The first-order chi connectivity index (χ1) is 10.1. The van der Waals surface area contributed by atoms with E-state index in [1.165, 1.54) is 41.8 Å². The molecule has 0 bridgehead atoms. The molecule has 0 fully saturated rings. The van der Waals surface area contributed by atoms with Crippen LogP contribution in [0.2, 0.25) is 0 Å². The summed E-state index contributed by atoms with van der Waals surface area (Å²) in [5.74, 6) is -0.447. The summed E-state index contributed by atoms with van der Waals surface area (Å²) in [6.07, 6.45) is 1.29. The molecule has 1 aromatic carbocycles. The molecule has 3 rings (SSSR count). The Balaban J connectivity index is 1.73. The maximum Gasteiger partial charge on any atom is 0.433 e. The van der Waals surface area contributed by atoms with Crippen molar-refractivity contribution in [3.63, 3.8) is 0 Å². The van der Waals surface area contributed by atoms with E-state index in [2.05, 4.69) is 15.5 Å². The number of nitrogens with one attached hydrogen (secondary N) is 1. The van der Waals surface area contributed by atoms with Crippen molar-refractivity contribution in [2.45, 2.75) is 0 Å². The van der Waals surface area contributed by atoms with Gasteiger partial charge in [-0.2, -0.15) is 5.10 Å². The molecule has 0 radical (unpaired) electrons. The van der Waals surface area contributed by atoms with E-state index in [0.29, 0.717) is 15.3 Å². The van der Waals surface area contributed by atoms with Gasteiger partial charge in [-0.25, -0.2) is 9.37 Å². The van der Waals surface area contributed by atoms with Crippen LogP contribution < -0.4 is 5.43 Å². The maximum atomic E-state index is 13.0. The zero-order chi connectivity index (χ0) is 14.8. The summed E-state index contributed by atoms with van der Waals surface area (Å²) < 4.78 is 18.6. The molecule has 2 aromatic heterocycles. The number of fused-ring (bicyclic) bond motifs is 1. The highest BCUT2D eigenvalue weighted by molar-refractivity contribution is 7.22. The standard InChI is InChI=1S/C12H7FN4O3S/c13-7-1-3-9-10(5-7)21-12(15-9)16-14-6-8-2-4-11(20-8)17(18)19/h1-6H,(H,15,16)/b14-6-. The van der Waals surface area contributed by atoms with E-state index >= 15 is 0 Å². The monoisotopic (exact) mass is 306 g/mol. The number of hydrogen-bond acceptors (Lipinski definition) is 7. The fraction of sp³-hybridized carbons (Fsp3) is 0. The average molecular weight is 306 g/mol. The normalized spacial score (nSPS) is 11.3. The Labute approximate surface area is 120 Å². The number of benzene rings is 1. The summed E-state index contributed by atoms with van der Waals surface area (Å²) in [4.78, 5) is 14.0. The third-order valence-electron chi connectivity index (χ3n) is 2.50. The van der Waals surface area contributed by atoms with Crippen molar-refractivity contribution < 1.29 is 13.7 Å². The summed E-state index contributed by atoms with van der Waals surface area (Å²) in [6.45, 7) is 0. The maximum absolute atomic E-state index is 13.0. The van der Waals surface area contributed by atoms with Gasteiger partial charge in [-0.05, 0) is 24.3 Å². The fourth-order valence-corrected chi connectivity index (χ4v) is 2.45. The SMILES string of the molecule is O=[N+]([O-])c1ccc(/C=N\Nc2nc3ccc(F)cc3s2)o1. The largest absolute Gasteiger partial charge is 0.433 e. The van der Waals surface area contributed by atoms with E-state index in [9.17, 15) is 14.5 Å². The molecule has 3 aromatic rings. The zero-order valence-corrected chi connectivity index (χ0v) is 11.1. The number of halogens is 1. The van der Waals surface area contributed by atoms with Crippen LogP contribution in [0.4, 0.5) is 15.4 Å². The predicted molar refractivity (Wildman–Crippen MR) is 76.2 cm³/mol. The Morgan fingerprint density at radius 3 is 3.05 bits per heavy atom. The van der Waals surface area contributed by atoms with Gasteiger partial charge in [0.25, 0.3) is 0 Å². The molecule has 106 valence electrons. The summed E-state index contributed by atoms with van der Waals surface area (Å²) in [6, 6.07) is 6.96. The summed E-state index contributed by atoms with van der Waals surface area (Å²) in [7, 11) is 0. The van der Waals surface area contributed by atoms with Gasteiger partial charge >= 0.3 is 5.88 Å². The zero-order valence-electron chi connectivity index (χ0n) is 10.3. The van der Waals surface area contributed by atoms with Crippen LogP contribution in [0, 0.1) is 15.9 Å². The van der Waals surface area contributed by atoms with Crippen molar-refractivity contribution in [2.24, 2.45) is 5.10 Å². The second-order valence-corrected chi connectivity index (χ2v) is 4.96. The van der Waals surface area contributed by atoms with Crippen LogP contribution in [-0.2, 0) is 0 Å². The van der Waals surface area contributed by atoms with Gasteiger partial charge in [-0.3, -0.25) is 15.5 Å². The first-order valence-electron chi connectivity index (χ1n) is 5.71. The second-order valence-electron chi connectivity index (χ2n) is 3.93. The highest BCUT2D eigenvalue weighted by Crippen LogP contribution is 2.26. The van der Waals surface area contributed by atoms with E-state index in [0.717, 1.165) is 0 Å². The molecule has 0 aliphatic rings. The number of nitro groups is 1. The van der Waals surface area contributed by atoms with Gasteiger partial charge in [0.15, 0.2) is 5.76 Å². The average Bonchev–Trinajstić information content (AvgIpc) is 3.04. The van der Waals surface area contributed by atoms with Gasteiger partial charge in [-0.15, -0.1) is 0 Å². The summed E-state index contributed by atoms with van der Waals surface area (Å²) in [5, 5.41) is 14.8. The van der Waals surface area contributed by atoms with Crippen molar-refractivity contribution in [3.8, 4) is 0 Å². The van der Waals surface area contributed by atoms with Crippen LogP contribution in [0.5, 0.6) is 0 Å². The highest BCUT2D eigenvalue weighted by atomic mass is 32.1. The van der Waals surface area contributed by atoms with Crippen LogP contribution in [0.1, 0.15) is 5.76 Å². The predicted octanol–water partition coefficient (Wildman–Crippen LogP) is 3.38. The lowest BCUT2D eigenvalue weighted by Gasteiger charge is -1.90. The first kappa shape index (κ1) is 13.2. The Bertz CT molecular complexity index is 842. The van der Waals surface area contributed by atoms with Crippen molar-refractivity contribution in [1.29, 1.82) is 0 Å². The minimum absolute atomic E-state index is 0.237. The lowest BCUT2D eigenvalue weighted by atomic mass is 10.3.